The lowest BCUT2D eigenvalue weighted by Crippen LogP contribution is -1.95. The Labute approximate surface area is 69.4 Å². The van der Waals surface area contributed by atoms with Crippen LogP contribution < -0.4 is 5.32 Å². The molecule has 0 unspecified atom stereocenters. The van der Waals surface area contributed by atoms with E-state index in [0.29, 0.717) is 23.2 Å². The first-order valence-corrected chi connectivity index (χ1v) is 3.83. The van der Waals surface area contributed by atoms with Crippen molar-refractivity contribution in [1.29, 1.82) is 0 Å². The zero-order valence-corrected chi connectivity index (χ0v) is 6.43. The third-order valence-electron chi connectivity index (χ3n) is 2.09. The summed E-state index contributed by atoms with van der Waals surface area (Å²) in [6.07, 6.45) is 1.42. The Bertz CT molecular complexity index is 336. The van der Waals surface area contributed by atoms with Crippen LogP contribution in [0.3, 0.4) is 0 Å². The van der Waals surface area contributed by atoms with Gasteiger partial charge in [0.2, 0.25) is 0 Å². The molecule has 1 N–H and O–H groups in total. The molecule has 2 rings (SSSR count). The topological polar surface area (TPSA) is 29.1 Å². The molecule has 1 aliphatic heterocycles. The Hall–Kier alpha value is -1.38. The summed E-state index contributed by atoms with van der Waals surface area (Å²) in [5.41, 5.74) is 1.86. The lowest BCUT2D eigenvalue weighted by molar-refractivity contribution is 0.112. The number of halogens is 1. The summed E-state index contributed by atoms with van der Waals surface area (Å²) in [5.74, 6) is -0.222. The number of fused-ring (bicyclic) bond motifs is 1. The number of benzene rings is 1. The van der Waals surface area contributed by atoms with Gasteiger partial charge in [-0.2, -0.15) is 0 Å². The molecule has 0 aromatic heterocycles. The third kappa shape index (κ3) is 0.897. The van der Waals surface area contributed by atoms with Crippen molar-refractivity contribution in [3.8, 4) is 0 Å². The highest BCUT2D eigenvalue weighted by atomic mass is 19.1. The molecule has 0 amide bonds. The van der Waals surface area contributed by atoms with Gasteiger partial charge in [-0.1, -0.05) is 0 Å². The number of carbonyl (C=O) groups excluding carboxylic acids is 1. The van der Waals surface area contributed by atoms with Crippen molar-refractivity contribution < 1.29 is 9.18 Å². The predicted molar refractivity (Wildman–Crippen MR) is 44.0 cm³/mol. The molecular weight excluding hydrogens is 157 g/mol. The molecule has 12 heavy (non-hydrogen) atoms. The van der Waals surface area contributed by atoms with Crippen LogP contribution in [0.5, 0.6) is 0 Å². The minimum atomic E-state index is -0.222. The van der Waals surface area contributed by atoms with Crippen LogP contribution in [-0.2, 0) is 6.42 Å². The summed E-state index contributed by atoms with van der Waals surface area (Å²) >= 11 is 0. The molecule has 0 radical (unpaired) electrons. The Morgan fingerprint density at radius 2 is 2.33 bits per heavy atom. The molecule has 0 fully saturated rings. The van der Waals surface area contributed by atoms with Crippen LogP contribution in [-0.4, -0.2) is 12.8 Å². The van der Waals surface area contributed by atoms with Crippen LogP contribution >= 0.6 is 0 Å². The van der Waals surface area contributed by atoms with E-state index in [1.807, 2.05) is 0 Å². The molecular formula is C9H8FNO. The van der Waals surface area contributed by atoms with Crippen LogP contribution in [0.2, 0.25) is 0 Å². The van der Waals surface area contributed by atoms with E-state index in [4.69, 9.17) is 0 Å². The fourth-order valence-electron chi connectivity index (χ4n) is 1.50. The molecule has 1 aliphatic rings. The fourth-order valence-corrected chi connectivity index (χ4v) is 1.50. The zero-order valence-electron chi connectivity index (χ0n) is 6.43. The summed E-state index contributed by atoms with van der Waals surface area (Å²) in [4.78, 5) is 10.5. The van der Waals surface area contributed by atoms with Gasteiger partial charge in [0.05, 0.1) is 5.69 Å². The normalized spacial score (nSPS) is 13.8. The fraction of sp³-hybridized carbons (Fsp3) is 0.222. The Kier molecular flexibility index (Phi) is 1.57. The Morgan fingerprint density at radius 1 is 1.50 bits per heavy atom. The first-order valence-electron chi connectivity index (χ1n) is 3.83. The monoisotopic (exact) mass is 165 g/mol. The maximum absolute atomic E-state index is 13.1. The number of carbonyl (C=O) groups is 1. The summed E-state index contributed by atoms with van der Waals surface area (Å²) in [6, 6.07) is 2.84. The molecule has 0 spiro atoms. The van der Waals surface area contributed by atoms with Crippen molar-refractivity contribution in [1.82, 2.24) is 0 Å². The van der Waals surface area contributed by atoms with E-state index in [0.717, 1.165) is 12.8 Å². The van der Waals surface area contributed by atoms with E-state index in [1.165, 1.54) is 12.1 Å². The lowest BCUT2D eigenvalue weighted by atomic mass is 10.1. The minimum absolute atomic E-state index is 0.222. The van der Waals surface area contributed by atoms with Gasteiger partial charge in [-0.15, -0.1) is 0 Å². The molecule has 62 valence electrons. The number of rotatable bonds is 1. The van der Waals surface area contributed by atoms with Crippen molar-refractivity contribution >= 4 is 12.0 Å². The molecule has 0 atom stereocenters. The molecule has 1 aromatic carbocycles. The van der Waals surface area contributed by atoms with E-state index in [1.54, 1.807) is 0 Å². The van der Waals surface area contributed by atoms with Gasteiger partial charge in [-0.3, -0.25) is 4.79 Å². The van der Waals surface area contributed by atoms with Crippen LogP contribution in [0.4, 0.5) is 10.1 Å². The maximum atomic E-state index is 13.1. The Balaban J connectivity index is 2.64. The van der Waals surface area contributed by atoms with Crippen molar-refractivity contribution in [3.05, 3.63) is 29.1 Å². The SMILES string of the molecule is O=Cc1ccc(F)c2c1NCC2. The van der Waals surface area contributed by atoms with Crippen molar-refractivity contribution in [3.63, 3.8) is 0 Å². The summed E-state index contributed by atoms with van der Waals surface area (Å²) in [7, 11) is 0. The predicted octanol–water partition coefficient (Wildman–Crippen LogP) is 1.61. The second kappa shape index (κ2) is 2.59. The average molecular weight is 165 g/mol. The van der Waals surface area contributed by atoms with Gasteiger partial charge in [0.15, 0.2) is 6.29 Å². The summed E-state index contributed by atoms with van der Waals surface area (Å²) in [5, 5.41) is 2.99. The first kappa shape index (κ1) is 7.28. The lowest BCUT2D eigenvalue weighted by Gasteiger charge is -2.02. The molecule has 1 heterocycles. The number of nitrogens with one attached hydrogen (secondary N) is 1. The van der Waals surface area contributed by atoms with E-state index >= 15 is 0 Å². The number of anilines is 1. The average Bonchev–Trinajstić information content (AvgIpc) is 2.54. The van der Waals surface area contributed by atoms with Crippen molar-refractivity contribution in [2.75, 3.05) is 11.9 Å². The van der Waals surface area contributed by atoms with E-state index in [2.05, 4.69) is 5.32 Å². The standard InChI is InChI=1S/C9H8FNO/c10-8-2-1-6(5-12)9-7(8)3-4-11-9/h1-2,5,11H,3-4H2. The van der Waals surface area contributed by atoms with E-state index in [-0.39, 0.29) is 5.82 Å². The van der Waals surface area contributed by atoms with Gasteiger partial charge in [-0.05, 0) is 18.6 Å². The number of aldehydes is 1. The smallest absolute Gasteiger partial charge is 0.152 e. The van der Waals surface area contributed by atoms with E-state index in [9.17, 15) is 9.18 Å². The molecule has 2 nitrogen and oxygen atoms in total. The summed E-state index contributed by atoms with van der Waals surface area (Å²) < 4.78 is 13.1. The largest absolute Gasteiger partial charge is 0.384 e. The van der Waals surface area contributed by atoms with E-state index < -0.39 is 0 Å². The van der Waals surface area contributed by atoms with Crippen molar-refractivity contribution in [2.24, 2.45) is 0 Å². The summed E-state index contributed by atoms with van der Waals surface area (Å²) in [6.45, 7) is 0.719. The Morgan fingerprint density at radius 3 is 3.08 bits per heavy atom. The molecule has 0 saturated carbocycles. The molecule has 0 aliphatic carbocycles. The van der Waals surface area contributed by atoms with Gasteiger partial charge in [0.25, 0.3) is 0 Å². The molecule has 0 bridgehead atoms. The van der Waals surface area contributed by atoms with Crippen LogP contribution in [0.1, 0.15) is 15.9 Å². The highest BCUT2D eigenvalue weighted by Gasteiger charge is 2.17. The van der Waals surface area contributed by atoms with Gasteiger partial charge in [0, 0.05) is 17.7 Å². The molecule has 3 heteroatoms. The number of hydrogen-bond donors (Lipinski definition) is 1. The highest BCUT2D eigenvalue weighted by molar-refractivity contribution is 5.86. The second-order valence-corrected chi connectivity index (χ2v) is 2.78. The quantitative estimate of drug-likeness (QED) is 0.640. The second-order valence-electron chi connectivity index (χ2n) is 2.78. The van der Waals surface area contributed by atoms with Gasteiger partial charge in [0.1, 0.15) is 5.82 Å². The minimum Gasteiger partial charge on any atom is -0.384 e. The highest BCUT2D eigenvalue weighted by Crippen LogP contribution is 2.27. The third-order valence-corrected chi connectivity index (χ3v) is 2.09. The van der Waals surface area contributed by atoms with Crippen LogP contribution in [0.25, 0.3) is 0 Å². The zero-order chi connectivity index (χ0) is 8.55. The first-order chi connectivity index (χ1) is 5.83. The van der Waals surface area contributed by atoms with Gasteiger partial charge in [-0.25, -0.2) is 4.39 Å². The maximum Gasteiger partial charge on any atom is 0.152 e. The van der Waals surface area contributed by atoms with Crippen LogP contribution in [0, 0.1) is 5.82 Å². The van der Waals surface area contributed by atoms with Gasteiger partial charge < -0.3 is 5.32 Å². The molecule has 0 saturated heterocycles. The van der Waals surface area contributed by atoms with Crippen molar-refractivity contribution in [2.45, 2.75) is 6.42 Å². The molecule has 1 aromatic rings. The number of hydrogen-bond acceptors (Lipinski definition) is 2. The van der Waals surface area contributed by atoms with Crippen LogP contribution in [0.15, 0.2) is 12.1 Å². The van der Waals surface area contributed by atoms with Gasteiger partial charge >= 0.3 is 0 Å².